The Morgan fingerprint density at radius 1 is 0.515 bits per heavy atom. The molecule has 0 saturated heterocycles. The summed E-state index contributed by atoms with van der Waals surface area (Å²) in [5.74, 6) is -0.525. The van der Waals surface area contributed by atoms with Crippen LogP contribution in [0.25, 0.3) is 0 Å². The van der Waals surface area contributed by atoms with Gasteiger partial charge in [0.15, 0.2) is 0 Å². The summed E-state index contributed by atoms with van der Waals surface area (Å²) in [6, 6.07) is -0.877. The van der Waals surface area contributed by atoms with E-state index in [1.165, 1.54) is 193 Å². The van der Waals surface area contributed by atoms with Crippen LogP contribution in [0.3, 0.4) is 0 Å². The summed E-state index contributed by atoms with van der Waals surface area (Å²) in [5.41, 5.74) is 0. The molecule has 0 aromatic heterocycles. The van der Waals surface area contributed by atoms with Crippen LogP contribution in [-0.2, 0) is 27.9 Å². The Kier molecular flexibility index (Phi) is 46.5. The van der Waals surface area contributed by atoms with Crippen LogP contribution in [0.2, 0.25) is 0 Å². The third-order valence-electron chi connectivity index (χ3n) is 13.0. The lowest BCUT2D eigenvalue weighted by atomic mass is 10.0. The van der Waals surface area contributed by atoms with Gasteiger partial charge in [0.1, 0.15) is 19.3 Å². The molecule has 0 saturated carbocycles. The van der Waals surface area contributed by atoms with Crippen LogP contribution >= 0.6 is 7.82 Å². The van der Waals surface area contributed by atoms with Gasteiger partial charge in [0.2, 0.25) is 5.91 Å². The molecule has 66 heavy (non-hydrogen) atoms. The Balaban J connectivity index is 5.30. The molecule has 0 rings (SSSR count). The van der Waals surface area contributed by atoms with E-state index in [4.69, 9.17) is 13.8 Å². The van der Waals surface area contributed by atoms with Crippen molar-refractivity contribution in [2.24, 2.45) is 0 Å². The van der Waals surface area contributed by atoms with Gasteiger partial charge in [-0.1, -0.05) is 252 Å². The van der Waals surface area contributed by atoms with E-state index in [0.29, 0.717) is 17.4 Å². The Labute approximate surface area is 410 Å². The maximum atomic E-state index is 13.5. The van der Waals surface area contributed by atoms with Crippen LogP contribution < -0.4 is 10.2 Å². The topological polar surface area (TPSA) is 114 Å². The monoisotopic (exact) mass is 955 g/mol. The van der Waals surface area contributed by atoms with Crippen LogP contribution in [-0.4, -0.2) is 69.4 Å². The van der Waals surface area contributed by atoms with Gasteiger partial charge in [-0.3, -0.25) is 14.2 Å². The van der Waals surface area contributed by atoms with Crippen molar-refractivity contribution in [3.63, 3.8) is 0 Å². The molecule has 0 aliphatic carbocycles. The first-order valence-corrected chi connectivity index (χ1v) is 30.0. The number of quaternary nitrogens is 1. The predicted octanol–water partition coefficient (Wildman–Crippen LogP) is 16.2. The number of allylic oxidation sites excluding steroid dienone is 1. The van der Waals surface area contributed by atoms with Crippen LogP contribution in [0.1, 0.15) is 284 Å². The number of carbonyl (C=O) groups is 2. The zero-order chi connectivity index (χ0) is 48.7. The SMILES string of the molecule is CCCCCCCCCCC/C=C/C(OC(=O)CCCCCCCCCCCCCCCC)C(COP(=O)([O-])OCC[N+](C)(C)C)NC(=O)CCCCCCCCCCCCCCCCC. The summed E-state index contributed by atoms with van der Waals surface area (Å²) < 4.78 is 30.2. The number of nitrogens with zero attached hydrogens (tertiary/aromatic N) is 1. The predicted molar refractivity (Wildman–Crippen MR) is 280 cm³/mol. The number of likely N-dealkylation sites (N-methyl/N-ethyl adjacent to an activating group) is 1. The van der Waals surface area contributed by atoms with Gasteiger partial charge >= 0.3 is 5.97 Å². The highest BCUT2D eigenvalue weighted by molar-refractivity contribution is 7.45. The number of carbonyl (C=O) groups excluding carboxylic acids is 2. The number of hydrogen-bond donors (Lipinski definition) is 1. The highest BCUT2D eigenvalue weighted by Gasteiger charge is 2.27. The van der Waals surface area contributed by atoms with Crippen LogP contribution in [0.5, 0.6) is 0 Å². The molecular formula is C56H111N2O7P. The van der Waals surface area contributed by atoms with Gasteiger partial charge in [0, 0.05) is 12.8 Å². The molecule has 0 aliphatic heterocycles. The first kappa shape index (κ1) is 64.8. The van der Waals surface area contributed by atoms with Crippen LogP contribution in [0, 0.1) is 0 Å². The standard InChI is InChI=1S/C56H111N2O7P/c1-7-10-13-16-19-22-25-27-29-30-33-36-39-42-45-48-55(59)57-53(52-64-66(61,62)63-51-50-58(4,5)6)54(47-44-41-38-35-32-24-21-18-15-12-9-3)65-56(60)49-46-43-40-37-34-31-28-26-23-20-17-14-11-8-2/h44,47,53-54H,7-43,45-46,48-52H2,1-6H3,(H-,57,59,61,62)/b47-44+. The van der Waals surface area contributed by atoms with Crippen molar-refractivity contribution in [1.29, 1.82) is 0 Å². The van der Waals surface area contributed by atoms with E-state index >= 15 is 0 Å². The average Bonchev–Trinajstić information content (AvgIpc) is 3.27. The third kappa shape index (κ3) is 47.8. The molecule has 9 nitrogen and oxygen atoms in total. The van der Waals surface area contributed by atoms with Gasteiger partial charge in [-0.2, -0.15) is 0 Å². The molecule has 0 aliphatic rings. The second-order valence-electron chi connectivity index (χ2n) is 20.8. The molecule has 392 valence electrons. The first-order chi connectivity index (χ1) is 31.9. The van der Waals surface area contributed by atoms with E-state index in [-0.39, 0.29) is 31.5 Å². The van der Waals surface area contributed by atoms with E-state index in [0.717, 1.165) is 57.8 Å². The molecule has 0 spiro atoms. The quantitative estimate of drug-likeness (QED) is 0.0212. The lowest BCUT2D eigenvalue weighted by Crippen LogP contribution is -2.47. The van der Waals surface area contributed by atoms with E-state index in [9.17, 15) is 19.0 Å². The number of rotatable bonds is 52. The fourth-order valence-electron chi connectivity index (χ4n) is 8.52. The zero-order valence-electron chi connectivity index (χ0n) is 44.7. The molecule has 3 atom stereocenters. The molecular weight excluding hydrogens is 844 g/mol. The first-order valence-electron chi connectivity index (χ1n) is 28.5. The summed E-state index contributed by atoms with van der Waals surface area (Å²) in [4.78, 5) is 39.8. The highest BCUT2D eigenvalue weighted by atomic mass is 31.2. The second kappa shape index (κ2) is 47.4. The Hall–Kier alpha value is -1.25. The molecule has 3 unspecified atom stereocenters. The summed E-state index contributed by atoms with van der Waals surface area (Å²) in [5, 5.41) is 3.02. The van der Waals surface area contributed by atoms with Crippen molar-refractivity contribution in [3.8, 4) is 0 Å². The van der Waals surface area contributed by atoms with E-state index in [1.54, 1.807) is 0 Å². The molecule has 0 heterocycles. The van der Waals surface area contributed by atoms with Gasteiger partial charge in [0.05, 0.1) is 33.8 Å². The average molecular weight is 955 g/mol. The van der Waals surface area contributed by atoms with Crippen molar-refractivity contribution in [1.82, 2.24) is 5.32 Å². The molecule has 0 fully saturated rings. The highest BCUT2D eigenvalue weighted by Crippen LogP contribution is 2.38. The number of esters is 1. The van der Waals surface area contributed by atoms with Crippen molar-refractivity contribution in [2.75, 3.05) is 40.9 Å². The number of hydrogen-bond acceptors (Lipinski definition) is 7. The summed E-state index contributed by atoms with van der Waals surface area (Å²) in [6.45, 7) is 6.87. The minimum atomic E-state index is -4.68. The van der Waals surface area contributed by atoms with Crippen LogP contribution in [0.4, 0.5) is 0 Å². The van der Waals surface area contributed by atoms with Gasteiger partial charge < -0.3 is 28.5 Å². The summed E-state index contributed by atoms with van der Waals surface area (Å²) >= 11 is 0. The molecule has 10 heteroatoms. The number of amides is 1. The lowest BCUT2D eigenvalue weighted by Gasteiger charge is -2.30. The summed E-state index contributed by atoms with van der Waals surface area (Å²) in [7, 11) is 1.20. The minimum absolute atomic E-state index is 0.0171. The van der Waals surface area contributed by atoms with Crippen molar-refractivity contribution >= 4 is 19.7 Å². The van der Waals surface area contributed by atoms with Crippen molar-refractivity contribution in [3.05, 3.63) is 12.2 Å². The van der Waals surface area contributed by atoms with Gasteiger partial charge in [-0.05, 0) is 31.8 Å². The normalized spacial score (nSPS) is 13.9. The number of unbranched alkanes of at least 4 members (excludes halogenated alkanes) is 36. The maximum Gasteiger partial charge on any atom is 0.306 e. The van der Waals surface area contributed by atoms with Crippen molar-refractivity contribution in [2.45, 2.75) is 296 Å². The number of ether oxygens (including phenoxy) is 1. The Morgan fingerprint density at radius 2 is 0.864 bits per heavy atom. The molecule has 0 aromatic rings. The zero-order valence-corrected chi connectivity index (χ0v) is 45.6. The molecule has 0 bridgehead atoms. The number of nitrogens with one attached hydrogen (secondary N) is 1. The minimum Gasteiger partial charge on any atom is -0.756 e. The van der Waals surface area contributed by atoms with E-state index < -0.39 is 20.0 Å². The fraction of sp³-hybridized carbons (Fsp3) is 0.929. The molecule has 1 N–H and O–H groups in total. The molecule has 0 aromatic carbocycles. The lowest BCUT2D eigenvalue weighted by molar-refractivity contribution is -0.870. The van der Waals surface area contributed by atoms with Crippen LogP contribution in [0.15, 0.2) is 12.2 Å². The van der Waals surface area contributed by atoms with Gasteiger partial charge in [-0.25, -0.2) is 0 Å². The van der Waals surface area contributed by atoms with E-state index in [1.807, 2.05) is 33.3 Å². The fourth-order valence-corrected chi connectivity index (χ4v) is 9.25. The largest absolute Gasteiger partial charge is 0.756 e. The molecule has 1 amide bonds. The Bertz CT molecular complexity index is 1150. The van der Waals surface area contributed by atoms with E-state index in [2.05, 4.69) is 26.1 Å². The van der Waals surface area contributed by atoms with Crippen molar-refractivity contribution < 1.29 is 37.3 Å². The molecule has 0 radical (unpaired) electrons. The summed E-state index contributed by atoms with van der Waals surface area (Å²) in [6.07, 6.45) is 51.7. The second-order valence-corrected chi connectivity index (χ2v) is 22.2. The number of phosphoric acid groups is 1. The van der Waals surface area contributed by atoms with Gasteiger partial charge in [0.25, 0.3) is 7.82 Å². The number of phosphoric ester groups is 1. The van der Waals surface area contributed by atoms with Gasteiger partial charge in [-0.15, -0.1) is 0 Å². The Morgan fingerprint density at radius 3 is 1.24 bits per heavy atom. The maximum absolute atomic E-state index is 13.5. The smallest absolute Gasteiger partial charge is 0.306 e. The third-order valence-corrected chi connectivity index (χ3v) is 13.9.